The lowest BCUT2D eigenvalue weighted by Crippen LogP contribution is -2.94. The van der Waals surface area contributed by atoms with E-state index in [0.29, 0.717) is 19.5 Å². The van der Waals surface area contributed by atoms with Gasteiger partial charge in [0.25, 0.3) is 0 Å². The molecule has 0 aliphatic carbocycles. The Hall–Kier alpha value is -2.08. The van der Waals surface area contributed by atoms with Crippen LogP contribution < -0.4 is 15.4 Å². The Kier molecular flexibility index (Phi) is 3.79. The molecular formula is C15H20N3O3+. The summed E-state index contributed by atoms with van der Waals surface area (Å²) >= 11 is 0. The molecule has 21 heavy (non-hydrogen) atoms. The number of nitrogens with one attached hydrogen (secondary N) is 1. The Morgan fingerprint density at radius 1 is 1.33 bits per heavy atom. The van der Waals surface area contributed by atoms with Crippen LogP contribution in [0, 0.1) is 0 Å². The topological polar surface area (TPSA) is 75.2 Å². The highest BCUT2D eigenvalue weighted by molar-refractivity contribution is 5.97. The third kappa shape index (κ3) is 2.71. The quantitative estimate of drug-likeness (QED) is 0.712. The summed E-state index contributed by atoms with van der Waals surface area (Å²) < 4.78 is 5.12. The van der Waals surface area contributed by atoms with E-state index in [1.807, 2.05) is 24.3 Å². The van der Waals surface area contributed by atoms with Crippen molar-refractivity contribution in [3.8, 4) is 5.75 Å². The van der Waals surface area contributed by atoms with Gasteiger partial charge in [-0.15, -0.1) is 0 Å². The second-order valence-corrected chi connectivity index (χ2v) is 5.47. The summed E-state index contributed by atoms with van der Waals surface area (Å²) in [5, 5.41) is 4.94. The molecule has 0 spiro atoms. The smallest absolute Gasteiger partial charge is 0.249 e. The number of hydrogen-bond donors (Lipinski definition) is 2. The minimum absolute atomic E-state index is 0.0310. The first-order valence-corrected chi connectivity index (χ1v) is 7.24. The number of nitrogens with zero attached hydrogens (tertiary/aromatic N) is 1. The second kappa shape index (κ2) is 5.73. The van der Waals surface area contributed by atoms with Crippen LogP contribution in [0.25, 0.3) is 0 Å². The molecule has 0 unspecified atom stereocenters. The molecule has 2 aliphatic rings. The summed E-state index contributed by atoms with van der Waals surface area (Å²) in [6, 6.07) is 6.81. The SMILES string of the molecule is COc1ccc(C[C@@H]2NC(=O)[C@@H]3C[NH2+]CCN3C2=O)cc1. The van der Waals surface area contributed by atoms with E-state index in [-0.39, 0.29) is 17.9 Å². The van der Waals surface area contributed by atoms with Gasteiger partial charge in [-0.05, 0) is 17.7 Å². The summed E-state index contributed by atoms with van der Waals surface area (Å²) in [7, 11) is 1.62. The molecule has 6 nitrogen and oxygen atoms in total. The van der Waals surface area contributed by atoms with Gasteiger partial charge in [-0.25, -0.2) is 0 Å². The fourth-order valence-corrected chi connectivity index (χ4v) is 2.97. The molecule has 6 heteroatoms. The number of amides is 2. The van der Waals surface area contributed by atoms with Crippen LogP contribution in [0.1, 0.15) is 5.56 Å². The molecule has 2 aliphatic heterocycles. The van der Waals surface area contributed by atoms with E-state index in [2.05, 4.69) is 10.6 Å². The van der Waals surface area contributed by atoms with E-state index in [4.69, 9.17) is 4.74 Å². The van der Waals surface area contributed by atoms with Gasteiger partial charge in [-0.1, -0.05) is 12.1 Å². The summed E-state index contributed by atoms with van der Waals surface area (Å²) in [5.41, 5.74) is 1.01. The lowest BCUT2D eigenvalue weighted by molar-refractivity contribution is -0.665. The maximum absolute atomic E-state index is 12.5. The van der Waals surface area contributed by atoms with Gasteiger partial charge in [0.1, 0.15) is 18.3 Å². The summed E-state index contributed by atoms with van der Waals surface area (Å²) in [6.45, 7) is 2.17. The molecule has 2 saturated heterocycles. The molecule has 0 saturated carbocycles. The van der Waals surface area contributed by atoms with Crippen molar-refractivity contribution in [2.75, 3.05) is 26.7 Å². The zero-order valence-corrected chi connectivity index (χ0v) is 12.0. The molecule has 3 rings (SSSR count). The monoisotopic (exact) mass is 290 g/mol. The molecule has 2 amide bonds. The number of benzene rings is 1. The van der Waals surface area contributed by atoms with Gasteiger partial charge in [0.15, 0.2) is 6.04 Å². The number of hydrogen-bond acceptors (Lipinski definition) is 3. The maximum atomic E-state index is 12.5. The van der Waals surface area contributed by atoms with Gasteiger partial charge >= 0.3 is 0 Å². The summed E-state index contributed by atoms with van der Waals surface area (Å²) in [6.07, 6.45) is 0.515. The highest BCUT2D eigenvalue weighted by atomic mass is 16.5. The number of ether oxygens (including phenoxy) is 1. The van der Waals surface area contributed by atoms with E-state index in [1.165, 1.54) is 0 Å². The number of quaternary nitrogens is 1. The minimum Gasteiger partial charge on any atom is -0.497 e. The zero-order valence-electron chi connectivity index (χ0n) is 12.0. The Morgan fingerprint density at radius 2 is 2.10 bits per heavy atom. The number of methoxy groups -OCH3 is 1. The Balaban J connectivity index is 1.72. The molecule has 1 aromatic carbocycles. The second-order valence-electron chi connectivity index (χ2n) is 5.47. The predicted molar refractivity (Wildman–Crippen MR) is 75.8 cm³/mol. The molecule has 0 aromatic heterocycles. The first kappa shape index (κ1) is 13.9. The van der Waals surface area contributed by atoms with Crippen molar-refractivity contribution in [2.45, 2.75) is 18.5 Å². The number of rotatable bonds is 3. The van der Waals surface area contributed by atoms with Gasteiger partial charge in [0, 0.05) is 6.42 Å². The first-order chi connectivity index (χ1) is 10.2. The van der Waals surface area contributed by atoms with Gasteiger partial charge in [0.05, 0.1) is 20.2 Å². The van der Waals surface area contributed by atoms with Gasteiger partial charge < -0.3 is 20.3 Å². The third-order valence-electron chi connectivity index (χ3n) is 4.14. The lowest BCUT2D eigenvalue weighted by atomic mass is 9.99. The number of carbonyl (C=O) groups excluding carboxylic acids is 2. The average molecular weight is 290 g/mol. The van der Waals surface area contributed by atoms with Crippen molar-refractivity contribution >= 4 is 11.8 Å². The van der Waals surface area contributed by atoms with Crippen LogP contribution in [0.4, 0.5) is 0 Å². The Morgan fingerprint density at radius 3 is 2.81 bits per heavy atom. The van der Waals surface area contributed by atoms with Gasteiger partial charge in [-0.2, -0.15) is 0 Å². The molecule has 112 valence electrons. The van der Waals surface area contributed by atoms with Gasteiger partial charge in [-0.3, -0.25) is 9.59 Å². The largest absolute Gasteiger partial charge is 0.497 e. The van der Waals surface area contributed by atoms with Crippen molar-refractivity contribution in [3.05, 3.63) is 29.8 Å². The molecule has 0 radical (unpaired) electrons. The van der Waals surface area contributed by atoms with Crippen molar-refractivity contribution in [1.29, 1.82) is 0 Å². The molecule has 2 fully saturated rings. The first-order valence-electron chi connectivity index (χ1n) is 7.24. The molecule has 3 N–H and O–H groups in total. The number of piperazine rings is 2. The summed E-state index contributed by atoms with van der Waals surface area (Å²) in [4.78, 5) is 26.4. The van der Waals surface area contributed by atoms with Crippen LogP contribution in [-0.2, 0) is 16.0 Å². The number of fused-ring (bicyclic) bond motifs is 1. The predicted octanol–water partition coefficient (Wildman–Crippen LogP) is -1.49. The highest BCUT2D eigenvalue weighted by Crippen LogP contribution is 2.16. The molecule has 0 bridgehead atoms. The van der Waals surface area contributed by atoms with Gasteiger partial charge in [0.2, 0.25) is 11.8 Å². The molecular weight excluding hydrogens is 270 g/mol. The Labute approximate surface area is 123 Å². The van der Waals surface area contributed by atoms with Crippen LogP contribution in [0.3, 0.4) is 0 Å². The Bertz CT molecular complexity index is 544. The van der Waals surface area contributed by atoms with E-state index >= 15 is 0 Å². The third-order valence-corrected chi connectivity index (χ3v) is 4.14. The van der Waals surface area contributed by atoms with E-state index < -0.39 is 6.04 Å². The minimum atomic E-state index is -0.458. The fourth-order valence-electron chi connectivity index (χ4n) is 2.97. The maximum Gasteiger partial charge on any atom is 0.249 e. The van der Waals surface area contributed by atoms with E-state index in [1.54, 1.807) is 12.0 Å². The van der Waals surface area contributed by atoms with Crippen LogP contribution in [0.15, 0.2) is 24.3 Å². The fraction of sp³-hybridized carbons (Fsp3) is 0.467. The zero-order chi connectivity index (χ0) is 14.8. The average Bonchev–Trinajstić information content (AvgIpc) is 2.53. The molecule has 2 atom stereocenters. The van der Waals surface area contributed by atoms with Crippen molar-refractivity contribution in [3.63, 3.8) is 0 Å². The van der Waals surface area contributed by atoms with Crippen molar-refractivity contribution in [1.82, 2.24) is 10.2 Å². The van der Waals surface area contributed by atoms with Crippen LogP contribution >= 0.6 is 0 Å². The summed E-state index contributed by atoms with van der Waals surface area (Å²) in [5.74, 6) is 0.775. The highest BCUT2D eigenvalue weighted by Gasteiger charge is 2.42. The molecule has 2 heterocycles. The number of carbonyl (C=O) groups is 2. The van der Waals surface area contributed by atoms with E-state index in [0.717, 1.165) is 17.9 Å². The van der Waals surface area contributed by atoms with Crippen molar-refractivity contribution in [2.24, 2.45) is 0 Å². The van der Waals surface area contributed by atoms with Crippen LogP contribution in [0.2, 0.25) is 0 Å². The number of nitrogens with two attached hydrogens (primary N) is 1. The lowest BCUT2D eigenvalue weighted by Gasteiger charge is -2.40. The molecule has 1 aromatic rings. The normalized spacial score (nSPS) is 25.3. The van der Waals surface area contributed by atoms with Crippen LogP contribution in [0.5, 0.6) is 5.75 Å². The van der Waals surface area contributed by atoms with Crippen LogP contribution in [-0.4, -0.2) is 55.5 Å². The van der Waals surface area contributed by atoms with Crippen molar-refractivity contribution < 1.29 is 19.6 Å². The van der Waals surface area contributed by atoms with E-state index in [9.17, 15) is 9.59 Å². The standard InChI is InChI=1S/C15H19N3O3/c1-21-11-4-2-10(3-5-11)8-12-15(20)18-7-6-16-9-13(18)14(19)17-12/h2-5,12-13,16H,6-9H2,1H3,(H,17,19)/p+1/t12-,13-/m0/s1.